The molecule has 116 valence electrons. The number of nitrogen functional groups attached to an aromatic ring is 1. The maximum Gasteiger partial charge on any atom is 0.260 e. The van der Waals surface area contributed by atoms with Crippen LogP contribution in [0.4, 0.5) is 10.7 Å². The lowest BCUT2D eigenvalue weighted by atomic mass is 10.0. The Morgan fingerprint density at radius 3 is 2.62 bits per heavy atom. The largest absolute Gasteiger partial charge is 0.397 e. The van der Waals surface area contributed by atoms with Gasteiger partial charge in [0.15, 0.2) is 0 Å². The van der Waals surface area contributed by atoms with Crippen LogP contribution < -0.4 is 16.4 Å². The van der Waals surface area contributed by atoms with Crippen molar-refractivity contribution in [3.8, 4) is 0 Å². The van der Waals surface area contributed by atoms with Gasteiger partial charge >= 0.3 is 0 Å². The molecule has 3 rings (SSSR count). The van der Waals surface area contributed by atoms with Crippen molar-refractivity contribution in [3.05, 3.63) is 10.4 Å². The number of carbonyl (C=O) groups excluding carboxylic acids is 1. The van der Waals surface area contributed by atoms with Crippen molar-refractivity contribution < 1.29 is 9.53 Å². The summed E-state index contributed by atoms with van der Waals surface area (Å²) in [6.07, 6.45) is 2.45. The highest BCUT2D eigenvalue weighted by molar-refractivity contribution is 7.18. The molecule has 1 aliphatic heterocycles. The van der Waals surface area contributed by atoms with E-state index in [9.17, 15) is 4.79 Å². The number of thiophene rings is 1. The second kappa shape index (κ2) is 4.88. The van der Waals surface area contributed by atoms with Crippen LogP contribution in [0.25, 0.3) is 0 Å². The molecular weight excluding hydrogens is 286 g/mol. The molecule has 21 heavy (non-hydrogen) atoms. The summed E-state index contributed by atoms with van der Waals surface area (Å²) in [7, 11) is 0. The van der Waals surface area contributed by atoms with Crippen LogP contribution in [0.15, 0.2) is 0 Å². The molecule has 1 saturated carbocycles. The van der Waals surface area contributed by atoms with Gasteiger partial charge in [-0.25, -0.2) is 0 Å². The first-order chi connectivity index (χ1) is 9.78. The number of hydrogen-bond acceptors (Lipinski definition) is 5. The lowest BCUT2D eigenvalue weighted by molar-refractivity contribution is -0.0748. The van der Waals surface area contributed by atoms with Gasteiger partial charge in [0.1, 0.15) is 4.88 Å². The fourth-order valence-electron chi connectivity index (χ4n) is 3.24. The minimum absolute atomic E-state index is 0.154. The monoisotopic (exact) mass is 309 g/mol. The number of amides is 1. The van der Waals surface area contributed by atoms with Gasteiger partial charge in [-0.1, -0.05) is 0 Å². The molecule has 5 nitrogen and oxygen atoms in total. The summed E-state index contributed by atoms with van der Waals surface area (Å²) in [6, 6.07) is 0. The van der Waals surface area contributed by atoms with Crippen LogP contribution in [0.1, 0.15) is 54.8 Å². The Morgan fingerprint density at radius 1 is 1.43 bits per heavy atom. The second-order valence-electron chi connectivity index (χ2n) is 6.77. The van der Waals surface area contributed by atoms with Crippen LogP contribution in [-0.2, 0) is 4.74 Å². The van der Waals surface area contributed by atoms with Crippen molar-refractivity contribution in [2.75, 3.05) is 23.7 Å². The third-order valence-corrected chi connectivity index (χ3v) is 5.33. The quantitative estimate of drug-likeness (QED) is 0.897. The minimum atomic E-state index is -0.425. The summed E-state index contributed by atoms with van der Waals surface area (Å²) >= 11 is 1.44. The van der Waals surface area contributed by atoms with Gasteiger partial charge in [0.2, 0.25) is 0 Å². The van der Waals surface area contributed by atoms with Crippen molar-refractivity contribution in [1.29, 1.82) is 0 Å². The van der Waals surface area contributed by atoms with Crippen LogP contribution >= 0.6 is 11.3 Å². The van der Waals surface area contributed by atoms with E-state index in [0.29, 0.717) is 16.5 Å². The van der Waals surface area contributed by atoms with E-state index in [1.807, 2.05) is 0 Å². The van der Waals surface area contributed by atoms with Gasteiger partial charge in [0.05, 0.1) is 22.4 Å². The smallest absolute Gasteiger partial charge is 0.260 e. The first-order valence-corrected chi connectivity index (χ1v) is 8.25. The Balaban J connectivity index is 2.01. The third kappa shape index (κ3) is 2.74. The number of anilines is 2. The third-order valence-electron chi connectivity index (χ3n) is 4.03. The molecular formula is C15H23N3O2S. The highest BCUT2D eigenvalue weighted by Crippen LogP contribution is 2.52. The standard InChI is InChI=1S/C15H23N3O2S/c1-8-6-18(7-15(2,3)20-8)14-10(9-4-5-9)11(16)12(21-14)13(17)19/h8-9H,4-7,16H2,1-3H3,(H2,17,19). The lowest BCUT2D eigenvalue weighted by Gasteiger charge is -2.42. The number of nitrogens with two attached hydrogens (primary N) is 2. The number of hydrogen-bond donors (Lipinski definition) is 2. The molecule has 0 spiro atoms. The van der Waals surface area contributed by atoms with Gasteiger partial charge < -0.3 is 21.1 Å². The number of morpholine rings is 1. The van der Waals surface area contributed by atoms with Crippen LogP contribution in [0.2, 0.25) is 0 Å². The highest BCUT2D eigenvalue weighted by atomic mass is 32.1. The Hall–Kier alpha value is -1.27. The van der Waals surface area contributed by atoms with Gasteiger partial charge in [-0.15, -0.1) is 11.3 Å². The van der Waals surface area contributed by atoms with Gasteiger partial charge in [-0.3, -0.25) is 4.79 Å². The van der Waals surface area contributed by atoms with Crippen LogP contribution in [0.5, 0.6) is 0 Å². The summed E-state index contributed by atoms with van der Waals surface area (Å²) in [5.41, 5.74) is 13.2. The van der Waals surface area contributed by atoms with Crippen LogP contribution in [0, 0.1) is 0 Å². The summed E-state index contributed by atoms with van der Waals surface area (Å²) in [5.74, 6) is 0.0665. The molecule has 1 unspecified atom stereocenters. The predicted molar refractivity (Wildman–Crippen MR) is 86.1 cm³/mol. The van der Waals surface area contributed by atoms with E-state index in [2.05, 4.69) is 25.7 Å². The van der Waals surface area contributed by atoms with Crippen molar-refractivity contribution in [2.45, 2.75) is 51.2 Å². The molecule has 0 radical (unpaired) electrons. The maximum absolute atomic E-state index is 11.6. The van der Waals surface area contributed by atoms with E-state index in [1.165, 1.54) is 11.3 Å². The molecule has 1 atom stereocenters. The average Bonchev–Trinajstić information content (AvgIpc) is 3.10. The molecule has 2 aliphatic rings. The molecule has 1 aliphatic carbocycles. The Morgan fingerprint density at radius 2 is 2.10 bits per heavy atom. The second-order valence-corrected chi connectivity index (χ2v) is 7.77. The topological polar surface area (TPSA) is 81.6 Å². The highest BCUT2D eigenvalue weighted by Gasteiger charge is 2.38. The summed E-state index contributed by atoms with van der Waals surface area (Å²) in [6.45, 7) is 7.89. The Labute approximate surface area is 129 Å². The summed E-state index contributed by atoms with van der Waals surface area (Å²) < 4.78 is 5.97. The first-order valence-electron chi connectivity index (χ1n) is 7.43. The van der Waals surface area contributed by atoms with Gasteiger partial charge in [0.25, 0.3) is 5.91 Å². The number of nitrogens with zero attached hydrogens (tertiary/aromatic N) is 1. The fourth-order valence-corrected chi connectivity index (χ4v) is 4.41. The zero-order valence-corrected chi connectivity index (χ0v) is 13.6. The molecule has 1 amide bonds. The van der Waals surface area contributed by atoms with E-state index in [0.717, 1.165) is 36.5 Å². The molecule has 2 heterocycles. The zero-order chi connectivity index (χ0) is 15.4. The number of primary amides is 1. The maximum atomic E-state index is 11.6. The molecule has 0 aromatic carbocycles. The van der Waals surface area contributed by atoms with Crippen LogP contribution in [-0.4, -0.2) is 30.7 Å². The average molecular weight is 309 g/mol. The normalized spacial score (nSPS) is 25.1. The van der Waals surface area contributed by atoms with E-state index in [-0.39, 0.29) is 11.7 Å². The van der Waals surface area contributed by atoms with Crippen molar-refractivity contribution in [3.63, 3.8) is 0 Å². The van der Waals surface area contributed by atoms with Crippen molar-refractivity contribution in [2.24, 2.45) is 5.73 Å². The molecule has 0 bridgehead atoms. The molecule has 1 saturated heterocycles. The lowest BCUT2D eigenvalue weighted by Crippen LogP contribution is -2.52. The summed E-state index contributed by atoms with van der Waals surface area (Å²) in [4.78, 5) is 14.4. The fraction of sp³-hybridized carbons (Fsp3) is 0.667. The van der Waals surface area contributed by atoms with E-state index in [4.69, 9.17) is 16.2 Å². The van der Waals surface area contributed by atoms with Crippen LogP contribution in [0.3, 0.4) is 0 Å². The van der Waals surface area contributed by atoms with E-state index < -0.39 is 5.91 Å². The van der Waals surface area contributed by atoms with Crippen molar-refractivity contribution >= 4 is 27.9 Å². The molecule has 1 aromatic heterocycles. The molecule has 4 N–H and O–H groups in total. The van der Waals surface area contributed by atoms with Gasteiger partial charge in [-0.2, -0.15) is 0 Å². The Bertz CT molecular complexity index is 578. The van der Waals surface area contributed by atoms with E-state index in [1.54, 1.807) is 0 Å². The van der Waals surface area contributed by atoms with Gasteiger partial charge in [0, 0.05) is 18.7 Å². The number of rotatable bonds is 3. The number of ether oxygens (including phenoxy) is 1. The zero-order valence-electron chi connectivity index (χ0n) is 12.8. The molecule has 2 fully saturated rings. The molecule has 6 heteroatoms. The predicted octanol–water partition coefficient (Wildman–Crippen LogP) is 2.31. The SMILES string of the molecule is CC1CN(c2sc(C(N)=O)c(N)c2C2CC2)CC(C)(C)O1. The van der Waals surface area contributed by atoms with Crippen molar-refractivity contribution in [1.82, 2.24) is 0 Å². The first kappa shape index (κ1) is 14.7. The van der Waals surface area contributed by atoms with Gasteiger partial charge in [-0.05, 0) is 39.5 Å². The number of carbonyl (C=O) groups is 1. The van der Waals surface area contributed by atoms with E-state index >= 15 is 0 Å². The Kier molecular flexibility index (Phi) is 3.41. The summed E-state index contributed by atoms with van der Waals surface area (Å²) in [5, 5.41) is 1.12. The molecule has 1 aromatic rings. The minimum Gasteiger partial charge on any atom is -0.397 e.